The predicted molar refractivity (Wildman–Crippen MR) is 25.3 cm³/mol. The van der Waals surface area contributed by atoms with Crippen molar-refractivity contribution in [2.75, 3.05) is 0 Å². The Morgan fingerprint density at radius 2 is 2.25 bits per heavy atom. The molecule has 2 N–H and O–H groups in total. The average molecular weight is 116 g/mol. The van der Waals surface area contributed by atoms with Crippen LogP contribution in [0.2, 0.25) is 0 Å². The van der Waals surface area contributed by atoms with Crippen molar-refractivity contribution in [3.8, 4) is 0 Å². The lowest BCUT2D eigenvalue weighted by Crippen LogP contribution is -2.01. The maximum absolute atomic E-state index is 9.59. The zero-order valence-corrected chi connectivity index (χ0v) is 3.90. The van der Waals surface area contributed by atoms with E-state index in [-0.39, 0.29) is 6.29 Å². The molecule has 0 aliphatic heterocycles. The van der Waals surface area contributed by atoms with Gasteiger partial charge < -0.3 is 5.73 Å². The second-order valence-corrected chi connectivity index (χ2v) is 0.966. The van der Waals surface area contributed by atoms with Gasteiger partial charge in [0.05, 0.1) is 11.1 Å². The quantitative estimate of drug-likeness (QED) is 0.223. The first-order valence-electron chi connectivity index (χ1n) is 1.74. The van der Waals surface area contributed by atoms with Crippen LogP contribution in [0.4, 0.5) is 0 Å². The molecule has 5 nitrogen and oxygen atoms in total. The van der Waals surface area contributed by atoms with Crippen molar-refractivity contribution in [1.29, 1.82) is 0 Å². The fourth-order valence-corrected chi connectivity index (χ4v) is 0.143. The van der Waals surface area contributed by atoms with Crippen LogP contribution in [-0.2, 0) is 4.79 Å². The van der Waals surface area contributed by atoms with Gasteiger partial charge in [0.1, 0.15) is 0 Å². The molecule has 8 heavy (non-hydrogen) atoms. The van der Waals surface area contributed by atoms with Crippen LogP contribution in [-0.4, -0.2) is 11.2 Å². The van der Waals surface area contributed by atoms with Crippen LogP contribution in [0.25, 0.3) is 0 Å². The molecule has 0 fully saturated rings. The molecule has 0 amide bonds. The van der Waals surface area contributed by atoms with Gasteiger partial charge in [-0.1, -0.05) is 0 Å². The third-order valence-corrected chi connectivity index (χ3v) is 0.502. The van der Waals surface area contributed by atoms with Crippen LogP contribution in [0.3, 0.4) is 0 Å². The smallest absolute Gasteiger partial charge is 0.324 e. The van der Waals surface area contributed by atoms with Crippen LogP contribution in [0.5, 0.6) is 0 Å². The van der Waals surface area contributed by atoms with Crippen molar-refractivity contribution in [3.05, 3.63) is 22.0 Å². The second-order valence-electron chi connectivity index (χ2n) is 0.966. The van der Waals surface area contributed by atoms with Gasteiger partial charge in [0, 0.05) is 0 Å². The molecule has 5 heteroatoms. The lowest BCUT2D eigenvalue weighted by atomic mass is 10.5. The molecule has 0 aromatic rings. The first-order chi connectivity index (χ1) is 3.72. The maximum atomic E-state index is 9.59. The van der Waals surface area contributed by atoms with E-state index in [1.165, 1.54) is 0 Å². The Kier molecular flexibility index (Phi) is 2.25. The van der Waals surface area contributed by atoms with E-state index in [9.17, 15) is 14.9 Å². The van der Waals surface area contributed by atoms with Gasteiger partial charge in [-0.3, -0.25) is 14.9 Å². The fraction of sp³-hybridized carbons (Fsp3) is 0. The molecular formula is C3H4N2O3. The molecule has 0 radical (unpaired) electrons. The standard InChI is InChI=1S/C3H4N2O3/c4-1-3(2-6)5(7)8/h1-2H,4H2/b3-1-. The number of nitrogens with two attached hydrogens (primary N) is 1. The minimum atomic E-state index is -0.854. The van der Waals surface area contributed by atoms with E-state index in [1.807, 2.05) is 0 Å². The van der Waals surface area contributed by atoms with E-state index in [2.05, 4.69) is 5.73 Å². The predicted octanol–water partition coefficient (Wildman–Crippen LogP) is -0.738. The summed E-state index contributed by atoms with van der Waals surface area (Å²) < 4.78 is 0. The first-order valence-corrected chi connectivity index (χ1v) is 1.74. The Balaban J connectivity index is 4.13. The van der Waals surface area contributed by atoms with Crippen molar-refractivity contribution < 1.29 is 9.72 Å². The van der Waals surface area contributed by atoms with E-state index in [4.69, 9.17) is 0 Å². The molecular weight excluding hydrogens is 112 g/mol. The van der Waals surface area contributed by atoms with E-state index in [1.54, 1.807) is 0 Å². The molecule has 0 unspecified atom stereocenters. The number of aldehydes is 1. The van der Waals surface area contributed by atoms with Crippen molar-refractivity contribution in [3.63, 3.8) is 0 Å². The minimum absolute atomic E-state index is 0.0833. The summed E-state index contributed by atoms with van der Waals surface area (Å²) >= 11 is 0. The molecule has 44 valence electrons. The molecule has 0 aliphatic carbocycles. The molecule has 0 saturated heterocycles. The van der Waals surface area contributed by atoms with Gasteiger partial charge in [-0.05, 0) is 0 Å². The van der Waals surface area contributed by atoms with Gasteiger partial charge in [-0.2, -0.15) is 0 Å². The van der Waals surface area contributed by atoms with Gasteiger partial charge in [0.15, 0.2) is 0 Å². The summed E-state index contributed by atoms with van der Waals surface area (Å²) in [6.07, 6.45) is 0.729. The zero-order valence-electron chi connectivity index (χ0n) is 3.90. The summed E-state index contributed by atoms with van der Waals surface area (Å²) in [6.45, 7) is 0. The molecule has 0 rings (SSSR count). The molecule has 0 aliphatic rings. The minimum Gasteiger partial charge on any atom is -0.399 e. The normalized spacial score (nSPS) is 10.8. The van der Waals surface area contributed by atoms with E-state index < -0.39 is 10.6 Å². The van der Waals surface area contributed by atoms with Gasteiger partial charge in [0.2, 0.25) is 6.29 Å². The summed E-state index contributed by atoms with van der Waals surface area (Å²) in [6, 6.07) is 0. The van der Waals surface area contributed by atoms with Crippen LogP contribution >= 0.6 is 0 Å². The average Bonchev–Trinajstić information content (AvgIpc) is 1.69. The molecule has 0 bridgehead atoms. The topological polar surface area (TPSA) is 86.2 Å². The number of nitro groups is 1. The number of hydrogen-bond donors (Lipinski definition) is 1. The highest BCUT2D eigenvalue weighted by atomic mass is 16.6. The van der Waals surface area contributed by atoms with E-state index >= 15 is 0 Å². The summed E-state index contributed by atoms with van der Waals surface area (Å²) in [5.74, 6) is 0. The number of carbonyl (C=O) groups is 1. The Hall–Kier alpha value is -1.39. The SMILES string of the molecule is N/C=C(/C=O)[N+](=O)[O-]. The van der Waals surface area contributed by atoms with E-state index in [0.717, 1.165) is 0 Å². The Labute approximate surface area is 44.9 Å². The van der Waals surface area contributed by atoms with Crippen LogP contribution in [0.1, 0.15) is 0 Å². The number of allylic oxidation sites excluding steroid dienone is 1. The summed E-state index contributed by atoms with van der Waals surface area (Å²) in [5, 5.41) is 9.59. The number of hydrogen-bond acceptors (Lipinski definition) is 4. The Morgan fingerprint density at radius 3 is 2.25 bits per heavy atom. The van der Waals surface area contributed by atoms with Gasteiger partial charge in [-0.25, -0.2) is 0 Å². The summed E-state index contributed by atoms with van der Waals surface area (Å²) in [7, 11) is 0. The van der Waals surface area contributed by atoms with Gasteiger partial charge >= 0.3 is 5.70 Å². The van der Waals surface area contributed by atoms with Crippen molar-refractivity contribution in [2.45, 2.75) is 0 Å². The van der Waals surface area contributed by atoms with E-state index in [0.29, 0.717) is 6.20 Å². The van der Waals surface area contributed by atoms with Crippen molar-refractivity contribution in [1.82, 2.24) is 0 Å². The lowest BCUT2D eigenvalue weighted by molar-refractivity contribution is -0.417. The zero-order chi connectivity index (χ0) is 6.57. The molecule has 0 heterocycles. The van der Waals surface area contributed by atoms with Crippen LogP contribution in [0.15, 0.2) is 11.9 Å². The third-order valence-electron chi connectivity index (χ3n) is 0.502. The fourth-order valence-electron chi connectivity index (χ4n) is 0.143. The van der Waals surface area contributed by atoms with Crippen LogP contribution in [0, 0.1) is 10.1 Å². The Bertz CT molecular complexity index is 139. The molecule has 0 aromatic heterocycles. The number of carbonyl (C=O) groups excluding carboxylic acids is 1. The summed E-state index contributed by atoms with van der Waals surface area (Å²) in [5.41, 5.74) is 4.03. The molecule has 0 aromatic carbocycles. The monoisotopic (exact) mass is 116 g/mol. The second kappa shape index (κ2) is 2.73. The lowest BCUT2D eigenvalue weighted by Gasteiger charge is -1.80. The molecule has 0 spiro atoms. The molecule has 0 saturated carbocycles. The first kappa shape index (κ1) is 6.61. The maximum Gasteiger partial charge on any atom is 0.324 e. The number of rotatable bonds is 2. The van der Waals surface area contributed by atoms with Crippen molar-refractivity contribution >= 4 is 6.29 Å². The summed E-state index contributed by atoms with van der Waals surface area (Å²) in [4.78, 5) is 18.3. The highest BCUT2D eigenvalue weighted by molar-refractivity contribution is 5.69. The largest absolute Gasteiger partial charge is 0.399 e. The number of nitrogens with zero attached hydrogens (tertiary/aromatic N) is 1. The highest BCUT2D eigenvalue weighted by Crippen LogP contribution is 1.83. The van der Waals surface area contributed by atoms with Gasteiger partial charge in [-0.15, -0.1) is 0 Å². The van der Waals surface area contributed by atoms with Crippen LogP contribution < -0.4 is 5.73 Å². The Morgan fingerprint density at radius 1 is 1.75 bits per heavy atom. The van der Waals surface area contributed by atoms with Gasteiger partial charge in [0.25, 0.3) is 0 Å². The third kappa shape index (κ3) is 1.38. The van der Waals surface area contributed by atoms with Crippen molar-refractivity contribution in [2.24, 2.45) is 5.73 Å². The molecule has 0 atom stereocenters. The highest BCUT2D eigenvalue weighted by Gasteiger charge is 2.04.